The van der Waals surface area contributed by atoms with Crippen LogP contribution in [0, 0.1) is 6.92 Å². The average molecular weight is 227 g/mol. The Kier molecular flexibility index (Phi) is 4.06. The van der Waals surface area contributed by atoms with E-state index in [1.54, 1.807) is 0 Å². The van der Waals surface area contributed by atoms with Crippen molar-refractivity contribution < 1.29 is 0 Å². The zero-order chi connectivity index (χ0) is 11.2. The van der Waals surface area contributed by atoms with E-state index in [-0.39, 0.29) is 0 Å². The van der Waals surface area contributed by atoms with Crippen molar-refractivity contribution in [3.63, 3.8) is 0 Å². The summed E-state index contributed by atoms with van der Waals surface area (Å²) in [6.45, 7) is 3.85. The molecule has 0 aliphatic rings. The third-order valence-electron chi connectivity index (χ3n) is 2.37. The number of rotatable bonds is 4. The van der Waals surface area contributed by atoms with E-state index in [4.69, 9.17) is 0 Å². The van der Waals surface area contributed by atoms with E-state index in [1.807, 2.05) is 17.8 Å². The minimum absolute atomic E-state index is 0.977. The van der Waals surface area contributed by atoms with Crippen LogP contribution in [-0.4, -0.2) is 5.75 Å². The molecule has 16 heavy (non-hydrogen) atoms. The summed E-state index contributed by atoms with van der Waals surface area (Å²) < 4.78 is 0. The predicted octanol–water partition coefficient (Wildman–Crippen LogP) is 4.67. The maximum atomic E-state index is 3.85. The minimum Gasteiger partial charge on any atom is -0.126 e. The van der Waals surface area contributed by atoms with Crippen LogP contribution in [0.1, 0.15) is 6.42 Å². The first-order valence-electron chi connectivity index (χ1n) is 5.47. The normalized spacial score (nSPS) is 10.3. The molecule has 0 saturated carbocycles. The van der Waals surface area contributed by atoms with E-state index in [2.05, 4.69) is 55.5 Å². The molecule has 2 aromatic rings. The molecule has 0 spiro atoms. The molecule has 0 unspecified atom stereocenters. The molecule has 2 aromatic carbocycles. The molecule has 0 amide bonds. The number of benzene rings is 2. The van der Waals surface area contributed by atoms with Gasteiger partial charge in [-0.3, -0.25) is 0 Å². The molecule has 0 fully saturated rings. The highest BCUT2D eigenvalue weighted by Crippen LogP contribution is 2.24. The Morgan fingerprint density at radius 1 is 0.812 bits per heavy atom. The summed E-state index contributed by atoms with van der Waals surface area (Å²) in [7, 11) is 0. The van der Waals surface area contributed by atoms with Crippen molar-refractivity contribution in [2.75, 3.05) is 5.75 Å². The van der Waals surface area contributed by atoms with Crippen LogP contribution < -0.4 is 0 Å². The van der Waals surface area contributed by atoms with Crippen LogP contribution in [0.15, 0.2) is 59.5 Å². The molecule has 81 valence electrons. The lowest BCUT2D eigenvalue weighted by Gasteiger charge is -2.03. The maximum absolute atomic E-state index is 3.85. The van der Waals surface area contributed by atoms with Gasteiger partial charge in [-0.1, -0.05) is 49.4 Å². The van der Waals surface area contributed by atoms with Crippen molar-refractivity contribution in [1.82, 2.24) is 0 Å². The van der Waals surface area contributed by atoms with Crippen LogP contribution in [0.2, 0.25) is 0 Å². The van der Waals surface area contributed by atoms with Gasteiger partial charge in [0.1, 0.15) is 0 Å². The summed E-state index contributed by atoms with van der Waals surface area (Å²) >= 11 is 1.86. The predicted molar refractivity (Wildman–Crippen MR) is 72.6 cm³/mol. The van der Waals surface area contributed by atoms with Crippen molar-refractivity contribution in [1.29, 1.82) is 0 Å². The molecule has 0 atom stereocenters. The maximum Gasteiger partial charge on any atom is 0.00723 e. The summed E-state index contributed by atoms with van der Waals surface area (Å²) in [6.07, 6.45) is 0.977. The van der Waals surface area contributed by atoms with Gasteiger partial charge in [-0.25, -0.2) is 0 Å². The molecule has 0 nitrogen and oxygen atoms in total. The Labute approximate surface area is 102 Å². The molecular weight excluding hydrogens is 212 g/mol. The number of thioether (sulfide) groups is 1. The first-order valence-corrected chi connectivity index (χ1v) is 6.46. The minimum atomic E-state index is 0.977. The Bertz CT molecular complexity index is 417. The molecular formula is C15H15S. The highest BCUT2D eigenvalue weighted by Gasteiger charge is 1.97. The standard InChI is InChI=1S/C15H15S/c1-2-12-16-15-10-8-14(9-11-15)13-6-4-3-5-7-13/h3-11H,1-2,12H2. The van der Waals surface area contributed by atoms with Gasteiger partial charge >= 0.3 is 0 Å². The van der Waals surface area contributed by atoms with Gasteiger partial charge in [-0.15, -0.1) is 11.8 Å². The van der Waals surface area contributed by atoms with Gasteiger partial charge < -0.3 is 0 Å². The fourth-order valence-electron chi connectivity index (χ4n) is 1.56. The summed E-state index contributed by atoms with van der Waals surface area (Å²) in [5.74, 6) is 1.09. The van der Waals surface area contributed by atoms with Crippen molar-refractivity contribution in [3.8, 4) is 11.1 Å². The molecule has 0 saturated heterocycles. The first-order chi connectivity index (χ1) is 7.90. The van der Waals surface area contributed by atoms with E-state index in [1.165, 1.54) is 16.0 Å². The highest BCUT2D eigenvalue weighted by molar-refractivity contribution is 7.99. The zero-order valence-electron chi connectivity index (χ0n) is 9.23. The second kappa shape index (κ2) is 5.76. The molecule has 0 aromatic heterocycles. The molecule has 0 heterocycles. The second-order valence-corrected chi connectivity index (χ2v) is 4.76. The fourth-order valence-corrected chi connectivity index (χ4v) is 2.27. The molecule has 0 bridgehead atoms. The molecule has 0 aliphatic heterocycles. The SMILES string of the molecule is [CH2]CCSc1ccc(-c2ccccc2)cc1. The summed E-state index contributed by atoms with van der Waals surface area (Å²) in [5.41, 5.74) is 2.55. The number of hydrogen-bond donors (Lipinski definition) is 0. The van der Waals surface area contributed by atoms with Gasteiger partial charge in [-0.2, -0.15) is 0 Å². The lowest BCUT2D eigenvalue weighted by Crippen LogP contribution is -1.79. The average Bonchev–Trinajstić information content (AvgIpc) is 2.38. The highest BCUT2D eigenvalue weighted by atomic mass is 32.2. The van der Waals surface area contributed by atoms with Gasteiger partial charge in [0, 0.05) is 4.90 Å². The summed E-state index contributed by atoms with van der Waals surface area (Å²) in [6, 6.07) is 19.2. The third kappa shape index (κ3) is 2.89. The van der Waals surface area contributed by atoms with E-state index in [0.717, 1.165) is 12.2 Å². The van der Waals surface area contributed by atoms with Gasteiger partial charge in [0.2, 0.25) is 0 Å². The van der Waals surface area contributed by atoms with Crippen LogP contribution in [0.3, 0.4) is 0 Å². The Hall–Kier alpha value is -1.21. The fraction of sp³-hybridized carbons (Fsp3) is 0.133. The molecule has 1 heteroatoms. The monoisotopic (exact) mass is 227 g/mol. The quantitative estimate of drug-likeness (QED) is 0.684. The third-order valence-corrected chi connectivity index (χ3v) is 3.47. The topological polar surface area (TPSA) is 0 Å². The van der Waals surface area contributed by atoms with Crippen LogP contribution in [0.25, 0.3) is 11.1 Å². The number of hydrogen-bond acceptors (Lipinski definition) is 1. The molecule has 0 N–H and O–H groups in total. The van der Waals surface area contributed by atoms with E-state index in [0.29, 0.717) is 0 Å². The molecule has 0 aliphatic carbocycles. The van der Waals surface area contributed by atoms with Gasteiger partial charge in [0.15, 0.2) is 0 Å². The van der Waals surface area contributed by atoms with Crippen molar-refractivity contribution in [2.24, 2.45) is 0 Å². The largest absolute Gasteiger partial charge is 0.126 e. The Balaban J connectivity index is 2.13. The molecule has 2 rings (SSSR count). The van der Waals surface area contributed by atoms with Crippen LogP contribution in [0.4, 0.5) is 0 Å². The summed E-state index contributed by atoms with van der Waals surface area (Å²) in [5, 5.41) is 0. The van der Waals surface area contributed by atoms with Gasteiger partial charge in [0.25, 0.3) is 0 Å². The van der Waals surface area contributed by atoms with E-state index in [9.17, 15) is 0 Å². The molecule has 1 radical (unpaired) electrons. The van der Waals surface area contributed by atoms with Crippen molar-refractivity contribution >= 4 is 11.8 Å². The summed E-state index contributed by atoms with van der Waals surface area (Å²) in [4.78, 5) is 1.32. The lowest BCUT2D eigenvalue weighted by molar-refractivity contribution is 1.24. The van der Waals surface area contributed by atoms with Crippen LogP contribution in [-0.2, 0) is 0 Å². The van der Waals surface area contributed by atoms with Crippen LogP contribution >= 0.6 is 11.8 Å². The van der Waals surface area contributed by atoms with Gasteiger partial charge in [0.05, 0.1) is 0 Å². The smallest absolute Gasteiger partial charge is 0.00723 e. The van der Waals surface area contributed by atoms with E-state index < -0.39 is 0 Å². The second-order valence-electron chi connectivity index (χ2n) is 3.59. The van der Waals surface area contributed by atoms with Gasteiger partial charge in [-0.05, 0) is 35.4 Å². The van der Waals surface area contributed by atoms with Crippen molar-refractivity contribution in [3.05, 3.63) is 61.5 Å². The Morgan fingerprint density at radius 2 is 1.44 bits per heavy atom. The van der Waals surface area contributed by atoms with E-state index >= 15 is 0 Å². The van der Waals surface area contributed by atoms with Crippen molar-refractivity contribution in [2.45, 2.75) is 11.3 Å². The van der Waals surface area contributed by atoms with Crippen LogP contribution in [0.5, 0.6) is 0 Å². The first kappa shape index (κ1) is 11.3. The Morgan fingerprint density at radius 3 is 2.06 bits per heavy atom. The lowest BCUT2D eigenvalue weighted by atomic mass is 10.1. The zero-order valence-corrected chi connectivity index (χ0v) is 10.0.